The van der Waals surface area contributed by atoms with E-state index < -0.39 is 12.3 Å². The minimum Gasteiger partial charge on any atom is -0.206 e. The van der Waals surface area contributed by atoms with Crippen LogP contribution in [0.1, 0.15) is 26.7 Å². The lowest BCUT2D eigenvalue weighted by Gasteiger charge is -2.14. The number of nitriles is 1. The van der Waals surface area contributed by atoms with Crippen LogP contribution in [-0.4, -0.2) is 5.92 Å². The lowest BCUT2D eigenvalue weighted by Crippen LogP contribution is -2.17. The van der Waals surface area contributed by atoms with Crippen LogP contribution < -0.4 is 0 Å². The summed E-state index contributed by atoms with van der Waals surface area (Å²) in [5.41, 5.74) is 0. The van der Waals surface area contributed by atoms with Crippen molar-refractivity contribution >= 4 is 0 Å². The first kappa shape index (κ1) is 9.35. The van der Waals surface area contributed by atoms with Gasteiger partial charge in [-0.2, -0.15) is 5.26 Å². The van der Waals surface area contributed by atoms with Crippen molar-refractivity contribution in [2.45, 2.75) is 32.6 Å². The molecule has 0 aromatic heterocycles. The number of hydrogen-bond acceptors (Lipinski definition) is 1. The molecule has 0 N–H and O–H groups in total. The molecule has 0 fully saturated rings. The van der Waals surface area contributed by atoms with Gasteiger partial charge in [0.25, 0.3) is 5.92 Å². The first-order chi connectivity index (χ1) is 4.48. The highest BCUT2D eigenvalue weighted by molar-refractivity contribution is 4.81. The SMILES string of the molecule is CC(C)CC(F)(F)CC#N. The van der Waals surface area contributed by atoms with Crippen LogP contribution in [0.25, 0.3) is 0 Å². The summed E-state index contributed by atoms with van der Waals surface area (Å²) in [5.74, 6) is -2.84. The van der Waals surface area contributed by atoms with Crippen molar-refractivity contribution in [3.8, 4) is 6.07 Å². The fourth-order valence-electron chi connectivity index (χ4n) is 0.785. The summed E-state index contributed by atoms with van der Waals surface area (Å²) < 4.78 is 24.9. The lowest BCUT2D eigenvalue weighted by atomic mass is 10.0. The number of rotatable bonds is 3. The molecule has 0 aliphatic carbocycles. The van der Waals surface area contributed by atoms with Crippen LogP contribution in [0.3, 0.4) is 0 Å². The first-order valence-corrected chi connectivity index (χ1v) is 3.23. The highest BCUT2D eigenvalue weighted by atomic mass is 19.3. The molecule has 0 unspecified atom stereocenters. The zero-order valence-electron chi connectivity index (χ0n) is 6.19. The Morgan fingerprint density at radius 2 is 2.00 bits per heavy atom. The zero-order chi connectivity index (χ0) is 8.20. The van der Waals surface area contributed by atoms with Gasteiger partial charge in [0.2, 0.25) is 0 Å². The van der Waals surface area contributed by atoms with Crippen molar-refractivity contribution in [3.05, 3.63) is 0 Å². The van der Waals surface area contributed by atoms with Crippen LogP contribution in [0.5, 0.6) is 0 Å². The van der Waals surface area contributed by atoms with Crippen LogP contribution >= 0.6 is 0 Å². The molecule has 0 saturated carbocycles. The van der Waals surface area contributed by atoms with E-state index in [9.17, 15) is 8.78 Å². The van der Waals surface area contributed by atoms with Gasteiger partial charge in [-0.05, 0) is 5.92 Å². The fourth-order valence-corrected chi connectivity index (χ4v) is 0.785. The zero-order valence-corrected chi connectivity index (χ0v) is 6.19. The van der Waals surface area contributed by atoms with E-state index in [1.54, 1.807) is 13.8 Å². The maximum absolute atomic E-state index is 12.5. The molecule has 0 radical (unpaired) electrons. The quantitative estimate of drug-likeness (QED) is 0.601. The van der Waals surface area contributed by atoms with Gasteiger partial charge in [-0.25, -0.2) is 8.78 Å². The Kier molecular flexibility index (Phi) is 3.27. The summed E-state index contributed by atoms with van der Waals surface area (Å²) in [4.78, 5) is 0. The molecule has 0 amide bonds. The van der Waals surface area contributed by atoms with Gasteiger partial charge in [-0.15, -0.1) is 0 Å². The summed E-state index contributed by atoms with van der Waals surface area (Å²) in [6, 6.07) is 1.46. The van der Waals surface area contributed by atoms with Crippen LogP contribution in [0.4, 0.5) is 8.78 Å². The Morgan fingerprint density at radius 1 is 1.50 bits per heavy atom. The van der Waals surface area contributed by atoms with Gasteiger partial charge in [-0.1, -0.05) is 13.8 Å². The Labute approximate surface area is 59.7 Å². The molecule has 58 valence electrons. The molecule has 1 nitrogen and oxygen atoms in total. The van der Waals surface area contributed by atoms with Gasteiger partial charge >= 0.3 is 0 Å². The Balaban J connectivity index is 3.77. The molecule has 0 heterocycles. The van der Waals surface area contributed by atoms with E-state index in [-0.39, 0.29) is 12.3 Å². The molecular formula is C7H11F2N. The van der Waals surface area contributed by atoms with Gasteiger partial charge in [0, 0.05) is 6.42 Å². The highest BCUT2D eigenvalue weighted by Crippen LogP contribution is 2.25. The molecule has 0 atom stereocenters. The molecular weight excluding hydrogens is 136 g/mol. The fraction of sp³-hybridized carbons (Fsp3) is 0.857. The van der Waals surface area contributed by atoms with E-state index in [1.807, 2.05) is 0 Å². The predicted octanol–water partition coefficient (Wildman–Crippen LogP) is 2.58. The topological polar surface area (TPSA) is 23.8 Å². The van der Waals surface area contributed by atoms with E-state index in [2.05, 4.69) is 0 Å². The molecule has 0 aliphatic rings. The summed E-state index contributed by atoms with van der Waals surface area (Å²) in [6.07, 6.45) is -0.855. The lowest BCUT2D eigenvalue weighted by molar-refractivity contribution is -0.0140. The number of nitrogens with zero attached hydrogens (tertiary/aromatic N) is 1. The van der Waals surface area contributed by atoms with E-state index in [0.717, 1.165) is 0 Å². The predicted molar refractivity (Wildman–Crippen MR) is 34.6 cm³/mol. The summed E-state index contributed by atoms with van der Waals surface area (Å²) in [5, 5.41) is 7.98. The van der Waals surface area contributed by atoms with Gasteiger partial charge in [0.1, 0.15) is 0 Å². The summed E-state index contributed by atoms with van der Waals surface area (Å²) >= 11 is 0. The molecule has 3 heteroatoms. The van der Waals surface area contributed by atoms with Crippen molar-refractivity contribution in [2.75, 3.05) is 0 Å². The van der Waals surface area contributed by atoms with Gasteiger partial charge in [0.15, 0.2) is 0 Å². The van der Waals surface area contributed by atoms with Crippen LogP contribution in [0.15, 0.2) is 0 Å². The van der Waals surface area contributed by atoms with Crippen molar-refractivity contribution in [2.24, 2.45) is 5.92 Å². The van der Waals surface area contributed by atoms with Gasteiger partial charge in [-0.3, -0.25) is 0 Å². The Bertz CT molecular complexity index is 135. The van der Waals surface area contributed by atoms with E-state index in [4.69, 9.17) is 5.26 Å². The third kappa shape index (κ3) is 4.25. The average Bonchev–Trinajstić information content (AvgIpc) is 1.59. The normalized spacial score (nSPS) is 11.6. The number of alkyl halides is 2. The minimum absolute atomic E-state index is 0.0525. The summed E-state index contributed by atoms with van der Waals surface area (Å²) in [6.45, 7) is 3.43. The van der Waals surface area contributed by atoms with Crippen LogP contribution in [0, 0.1) is 17.2 Å². The number of hydrogen-bond donors (Lipinski definition) is 0. The van der Waals surface area contributed by atoms with E-state index in [1.165, 1.54) is 6.07 Å². The third-order valence-corrected chi connectivity index (χ3v) is 1.04. The smallest absolute Gasteiger partial charge is 0.206 e. The van der Waals surface area contributed by atoms with Gasteiger partial charge < -0.3 is 0 Å². The Hall–Kier alpha value is -0.650. The van der Waals surface area contributed by atoms with Crippen molar-refractivity contribution in [3.63, 3.8) is 0 Å². The maximum atomic E-state index is 12.5. The molecule has 0 aliphatic heterocycles. The average molecular weight is 147 g/mol. The molecule has 0 bridgehead atoms. The monoisotopic (exact) mass is 147 g/mol. The molecule has 0 aromatic carbocycles. The van der Waals surface area contributed by atoms with Crippen molar-refractivity contribution < 1.29 is 8.78 Å². The molecule has 0 spiro atoms. The Morgan fingerprint density at radius 3 is 2.30 bits per heavy atom. The van der Waals surface area contributed by atoms with E-state index in [0.29, 0.717) is 0 Å². The van der Waals surface area contributed by atoms with Crippen molar-refractivity contribution in [1.82, 2.24) is 0 Å². The van der Waals surface area contributed by atoms with Crippen LogP contribution in [-0.2, 0) is 0 Å². The second-order valence-electron chi connectivity index (χ2n) is 2.79. The molecule has 0 rings (SSSR count). The maximum Gasteiger partial charge on any atom is 0.261 e. The minimum atomic E-state index is -2.79. The second kappa shape index (κ2) is 3.50. The van der Waals surface area contributed by atoms with Crippen molar-refractivity contribution in [1.29, 1.82) is 5.26 Å². The second-order valence-corrected chi connectivity index (χ2v) is 2.79. The highest BCUT2D eigenvalue weighted by Gasteiger charge is 2.29. The largest absolute Gasteiger partial charge is 0.261 e. The van der Waals surface area contributed by atoms with E-state index >= 15 is 0 Å². The first-order valence-electron chi connectivity index (χ1n) is 3.23. The molecule has 0 aromatic rings. The number of halogens is 2. The third-order valence-electron chi connectivity index (χ3n) is 1.04. The molecule has 10 heavy (non-hydrogen) atoms. The van der Waals surface area contributed by atoms with Gasteiger partial charge in [0.05, 0.1) is 12.5 Å². The standard InChI is InChI=1S/C7H11F2N/c1-6(2)5-7(8,9)3-4-10/h6H,3,5H2,1-2H3. The summed E-state index contributed by atoms with van der Waals surface area (Å²) in [7, 11) is 0. The van der Waals surface area contributed by atoms with Crippen LogP contribution in [0.2, 0.25) is 0 Å². The molecule has 0 saturated heterocycles.